The number of nitrogens with zero attached hydrogens (tertiary/aromatic N) is 5. The van der Waals surface area contributed by atoms with E-state index in [9.17, 15) is 4.79 Å². The van der Waals surface area contributed by atoms with Gasteiger partial charge in [-0.05, 0) is 106 Å². The Morgan fingerprint density at radius 3 is 2.31 bits per heavy atom. The molecule has 2 aromatic heterocycles. The molecule has 0 saturated carbocycles. The third-order valence-electron chi connectivity index (χ3n) is 8.33. The number of benzene rings is 2. The minimum Gasteiger partial charge on any atom is -0.309 e. The molecule has 2 aromatic carbocycles. The van der Waals surface area contributed by atoms with Gasteiger partial charge in [0.25, 0.3) is 5.56 Å². The fraction of sp³-hybridized carbons (Fsp3) is 0.576. The molecule has 0 spiro atoms. The zero-order valence-electron chi connectivity index (χ0n) is 24.5. The zero-order chi connectivity index (χ0) is 27.4. The smallest absolute Gasteiger partial charge is 0.267 e. The second kappa shape index (κ2) is 12.6. The van der Waals surface area contributed by atoms with Gasteiger partial charge in [-0.25, -0.2) is 9.38 Å². The Hall–Kier alpha value is -2.70. The standard InChI is InChI=1S/C33H47N5O/c1-25(2)15-21-36(22-16-26(3)4)24-27-13-14-30-31(23-27)37(20-10-19-35-17-8-5-9-18-35)33-34-29-12-7-6-11-28(29)32(39)38(30)33/h6-7,11-14,23,25-26H,5,8-10,15-22,24H2,1-4H3. The van der Waals surface area contributed by atoms with Gasteiger partial charge in [-0.1, -0.05) is 52.3 Å². The summed E-state index contributed by atoms with van der Waals surface area (Å²) < 4.78 is 4.15. The van der Waals surface area contributed by atoms with Crippen LogP contribution in [-0.4, -0.2) is 56.5 Å². The number of aryl methyl sites for hydroxylation is 1. The number of hydrogen-bond donors (Lipinski definition) is 0. The van der Waals surface area contributed by atoms with Gasteiger partial charge < -0.3 is 9.47 Å². The molecular weight excluding hydrogens is 482 g/mol. The maximum Gasteiger partial charge on any atom is 0.267 e. The third-order valence-corrected chi connectivity index (χ3v) is 8.33. The molecule has 210 valence electrons. The molecule has 4 aromatic rings. The number of piperidine rings is 1. The fourth-order valence-electron chi connectivity index (χ4n) is 5.97. The van der Waals surface area contributed by atoms with Crippen molar-refractivity contribution in [3.63, 3.8) is 0 Å². The minimum atomic E-state index is 0.0265. The molecule has 0 atom stereocenters. The molecule has 0 amide bonds. The van der Waals surface area contributed by atoms with Crippen molar-refractivity contribution in [1.82, 2.24) is 23.8 Å². The summed E-state index contributed by atoms with van der Waals surface area (Å²) in [5.41, 5.74) is 4.20. The van der Waals surface area contributed by atoms with Crippen LogP contribution in [-0.2, 0) is 13.1 Å². The summed E-state index contributed by atoms with van der Waals surface area (Å²) in [7, 11) is 0. The summed E-state index contributed by atoms with van der Waals surface area (Å²) in [6.07, 6.45) is 7.46. The molecule has 1 aliphatic rings. The summed E-state index contributed by atoms with van der Waals surface area (Å²) in [6, 6.07) is 14.4. The molecule has 1 fully saturated rings. The Morgan fingerprint density at radius 1 is 0.872 bits per heavy atom. The molecule has 0 N–H and O–H groups in total. The monoisotopic (exact) mass is 529 g/mol. The van der Waals surface area contributed by atoms with Gasteiger partial charge in [0.05, 0.1) is 21.9 Å². The first-order valence-electron chi connectivity index (χ1n) is 15.3. The molecule has 1 aliphatic heterocycles. The summed E-state index contributed by atoms with van der Waals surface area (Å²) in [5.74, 6) is 2.16. The summed E-state index contributed by atoms with van der Waals surface area (Å²) in [4.78, 5) is 23.9. The van der Waals surface area contributed by atoms with E-state index in [1.807, 2.05) is 28.7 Å². The molecular formula is C33H47N5O. The predicted molar refractivity (Wildman–Crippen MR) is 164 cm³/mol. The number of aromatic nitrogens is 3. The highest BCUT2D eigenvalue weighted by molar-refractivity contribution is 5.86. The van der Waals surface area contributed by atoms with Gasteiger partial charge >= 0.3 is 0 Å². The lowest BCUT2D eigenvalue weighted by atomic mass is 10.1. The van der Waals surface area contributed by atoms with E-state index in [0.717, 1.165) is 61.5 Å². The Kier molecular flexibility index (Phi) is 9.03. The normalized spacial score (nSPS) is 15.2. The van der Waals surface area contributed by atoms with Crippen molar-refractivity contribution in [2.45, 2.75) is 79.3 Å². The molecule has 1 saturated heterocycles. The van der Waals surface area contributed by atoms with E-state index in [4.69, 9.17) is 4.98 Å². The van der Waals surface area contributed by atoms with E-state index in [-0.39, 0.29) is 5.56 Å². The molecule has 3 heterocycles. The lowest BCUT2D eigenvalue weighted by Crippen LogP contribution is -2.31. The zero-order valence-corrected chi connectivity index (χ0v) is 24.5. The number of hydrogen-bond acceptors (Lipinski definition) is 4. The van der Waals surface area contributed by atoms with Crippen LogP contribution in [0.5, 0.6) is 0 Å². The van der Waals surface area contributed by atoms with Crippen LogP contribution < -0.4 is 5.56 Å². The van der Waals surface area contributed by atoms with Gasteiger partial charge in [-0.15, -0.1) is 0 Å². The van der Waals surface area contributed by atoms with Crippen molar-refractivity contribution in [3.05, 3.63) is 58.4 Å². The number of rotatable bonds is 12. The van der Waals surface area contributed by atoms with Gasteiger partial charge in [0.15, 0.2) is 0 Å². The lowest BCUT2D eigenvalue weighted by Gasteiger charge is -2.26. The van der Waals surface area contributed by atoms with Gasteiger partial charge in [-0.2, -0.15) is 0 Å². The number of likely N-dealkylation sites (tertiary alicyclic amines) is 1. The van der Waals surface area contributed by atoms with E-state index in [1.165, 1.54) is 50.8 Å². The second-order valence-corrected chi connectivity index (χ2v) is 12.4. The summed E-state index contributed by atoms with van der Waals surface area (Å²) in [6.45, 7) is 16.8. The molecule has 0 unspecified atom stereocenters. The first-order chi connectivity index (χ1) is 18.9. The Bertz CT molecular complexity index is 1430. The van der Waals surface area contributed by atoms with Crippen LogP contribution in [0.1, 0.15) is 71.8 Å². The maximum absolute atomic E-state index is 13.7. The quantitative estimate of drug-likeness (QED) is 0.208. The minimum absolute atomic E-state index is 0.0265. The Labute approximate surface area is 233 Å². The molecule has 39 heavy (non-hydrogen) atoms. The highest BCUT2D eigenvalue weighted by Gasteiger charge is 2.18. The van der Waals surface area contributed by atoms with Crippen LogP contribution in [0.25, 0.3) is 27.7 Å². The van der Waals surface area contributed by atoms with Crippen molar-refractivity contribution in [2.24, 2.45) is 11.8 Å². The van der Waals surface area contributed by atoms with Crippen molar-refractivity contribution in [1.29, 1.82) is 0 Å². The molecule has 6 nitrogen and oxygen atoms in total. The van der Waals surface area contributed by atoms with Crippen LogP contribution in [0.15, 0.2) is 47.3 Å². The fourth-order valence-corrected chi connectivity index (χ4v) is 5.97. The van der Waals surface area contributed by atoms with Crippen molar-refractivity contribution in [2.75, 3.05) is 32.7 Å². The topological polar surface area (TPSA) is 45.8 Å². The summed E-state index contributed by atoms with van der Waals surface area (Å²) in [5, 5.41) is 0.681. The number of para-hydroxylation sites is 1. The highest BCUT2D eigenvalue weighted by Crippen LogP contribution is 2.24. The first-order valence-corrected chi connectivity index (χ1v) is 15.3. The molecule has 5 rings (SSSR count). The average molecular weight is 530 g/mol. The van der Waals surface area contributed by atoms with Crippen LogP contribution in [0, 0.1) is 11.8 Å². The Morgan fingerprint density at radius 2 is 1.59 bits per heavy atom. The predicted octanol–water partition coefficient (Wildman–Crippen LogP) is 6.57. The maximum atomic E-state index is 13.7. The van der Waals surface area contributed by atoms with E-state index >= 15 is 0 Å². The van der Waals surface area contributed by atoms with E-state index in [1.54, 1.807) is 0 Å². The molecule has 0 radical (unpaired) electrons. The van der Waals surface area contributed by atoms with E-state index in [0.29, 0.717) is 17.2 Å². The van der Waals surface area contributed by atoms with Crippen molar-refractivity contribution < 1.29 is 0 Å². The van der Waals surface area contributed by atoms with Crippen molar-refractivity contribution >= 4 is 27.7 Å². The van der Waals surface area contributed by atoms with Crippen LogP contribution in [0.4, 0.5) is 0 Å². The Balaban J connectivity index is 1.51. The highest BCUT2D eigenvalue weighted by atomic mass is 16.1. The van der Waals surface area contributed by atoms with Gasteiger partial charge in [0, 0.05) is 13.1 Å². The molecule has 0 bridgehead atoms. The van der Waals surface area contributed by atoms with Gasteiger partial charge in [-0.3, -0.25) is 9.69 Å². The van der Waals surface area contributed by atoms with Gasteiger partial charge in [0.2, 0.25) is 5.78 Å². The van der Waals surface area contributed by atoms with Crippen LogP contribution in [0.3, 0.4) is 0 Å². The lowest BCUT2D eigenvalue weighted by molar-refractivity contribution is 0.223. The SMILES string of the molecule is CC(C)CCN(CCC(C)C)Cc1ccc2c(c1)n(CCCN1CCCCC1)c1nc3ccccc3c(=O)n21. The first kappa shape index (κ1) is 27.9. The number of imidazole rings is 1. The second-order valence-electron chi connectivity index (χ2n) is 12.4. The largest absolute Gasteiger partial charge is 0.309 e. The molecule has 6 heteroatoms. The van der Waals surface area contributed by atoms with Crippen LogP contribution in [0.2, 0.25) is 0 Å². The molecule has 0 aliphatic carbocycles. The average Bonchev–Trinajstić information content (AvgIpc) is 3.23. The van der Waals surface area contributed by atoms with E-state index < -0.39 is 0 Å². The summed E-state index contributed by atoms with van der Waals surface area (Å²) >= 11 is 0. The van der Waals surface area contributed by atoms with Crippen LogP contribution >= 0.6 is 0 Å². The van der Waals surface area contributed by atoms with Crippen molar-refractivity contribution in [3.8, 4) is 0 Å². The van der Waals surface area contributed by atoms with Gasteiger partial charge in [0.1, 0.15) is 0 Å². The third kappa shape index (κ3) is 6.55. The number of fused-ring (bicyclic) bond motifs is 4. The van der Waals surface area contributed by atoms with E-state index in [2.05, 4.69) is 60.3 Å².